The Morgan fingerprint density at radius 1 is 1.11 bits per heavy atom. The highest BCUT2D eigenvalue weighted by molar-refractivity contribution is 5.93. The first kappa shape index (κ1) is 34.1. The van der Waals surface area contributed by atoms with Crippen molar-refractivity contribution in [2.45, 2.75) is 52.7 Å². The molecule has 46 heavy (non-hydrogen) atoms. The topological polar surface area (TPSA) is 151 Å². The van der Waals surface area contributed by atoms with Crippen molar-refractivity contribution in [1.82, 2.24) is 4.98 Å². The normalized spacial score (nSPS) is 17.7. The number of carbonyl (C=O) groups excluding carboxylic acids is 2. The van der Waals surface area contributed by atoms with E-state index in [1.54, 1.807) is 18.2 Å². The standard InChI is InChI=1S/C33H39FN4O8/c1-19(2)23-11-9-20(3)13-28(23)45-18-31(39)36-25-12-10-22(15-29(25)43-4)35-17-21-14-30(27(38(41)42)16-24(21)34)46-32-8-6-7-26(37-32)33(40)44-5/h6-8,10,12,14-16,19-20,23,28,35H,9,11,13,17-18H2,1-5H3,(H,36,39). The van der Waals surface area contributed by atoms with Crippen molar-refractivity contribution in [3.8, 4) is 17.4 Å². The third-order valence-electron chi connectivity index (χ3n) is 8.01. The van der Waals surface area contributed by atoms with E-state index in [4.69, 9.17) is 14.2 Å². The maximum absolute atomic E-state index is 14.9. The van der Waals surface area contributed by atoms with Gasteiger partial charge in [-0.1, -0.05) is 33.3 Å². The fourth-order valence-electron chi connectivity index (χ4n) is 5.52. The van der Waals surface area contributed by atoms with Gasteiger partial charge in [0.05, 0.1) is 37.0 Å². The van der Waals surface area contributed by atoms with Gasteiger partial charge in [-0.3, -0.25) is 14.9 Å². The lowest BCUT2D eigenvalue weighted by Gasteiger charge is -2.37. The number of hydrogen-bond donors (Lipinski definition) is 2. The molecule has 13 heteroatoms. The van der Waals surface area contributed by atoms with E-state index in [1.165, 1.54) is 44.9 Å². The van der Waals surface area contributed by atoms with Gasteiger partial charge in [0.2, 0.25) is 17.5 Å². The van der Waals surface area contributed by atoms with E-state index in [0.29, 0.717) is 34.9 Å². The molecule has 1 amide bonds. The van der Waals surface area contributed by atoms with Crippen molar-refractivity contribution < 1.29 is 37.9 Å². The molecule has 4 rings (SSSR count). The van der Waals surface area contributed by atoms with Gasteiger partial charge in [0, 0.05) is 29.9 Å². The van der Waals surface area contributed by atoms with Crippen LogP contribution in [0.1, 0.15) is 56.1 Å². The van der Waals surface area contributed by atoms with Gasteiger partial charge >= 0.3 is 11.7 Å². The summed E-state index contributed by atoms with van der Waals surface area (Å²) in [5.74, 6) is -0.402. The molecule has 0 aliphatic heterocycles. The first-order valence-corrected chi connectivity index (χ1v) is 15.0. The Kier molecular flexibility index (Phi) is 11.5. The molecule has 1 aliphatic rings. The van der Waals surface area contributed by atoms with Crippen LogP contribution < -0.4 is 20.1 Å². The van der Waals surface area contributed by atoms with E-state index in [9.17, 15) is 24.1 Å². The number of nitro benzene ring substituents is 1. The predicted molar refractivity (Wildman–Crippen MR) is 169 cm³/mol. The second kappa shape index (κ2) is 15.5. The number of esters is 1. The van der Waals surface area contributed by atoms with Gasteiger partial charge in [-0.05, 0) is 54.9 Å². The summed E-state index contributed by atoms with van der Waals surface area (Å²) in [5, 5.41) is 17.5. The molecule has 3 unspecified atom stereocenters. The molecule has 1 fully saturated rings. The molecule has 2 aromatic carbocycles. The number of methoxy groups -OCH3 is 2. The number of rotatable bonds is 13. The number of hydrogen-bond acceptors (Lipinski definition) is 10. The minimum absolute atomic E-state index is 0.0370. The summed E-state index contributed by atoms with van der Waals surface area (Å²) in [6, 6.07) is 11.2. The van der Waals surface area contributed by atoms with Crippen LogP contribution in [0.3, 0.4) is 0 Å². The van der Waals surface area contributed by atoms with Gasteiger partial charge in [0.25, 0.3) is 0 Å². The molecule has 0 bridgehead atoms. The van der Waals surface area contributed by atoms with E-state index in [2.05, 4.69) is 41.1 Å². The van der Waals surface area contributed by atoms with Crippen LogP contribution in [0, 0.1) is 33.7 Å². The number of nitro groups is 1. The average Bonchev–Trinajstić information content (AvgIpc) is 3.03. The zero-order valence-electron chi connectivity index (χ0n) is 26.5. The Morgan fingerprint density at radius 2 is 1.89 bits per heavy atom. The maximum atomic E-state index is 14.9. The molecule has 1 saturated carbocycles. The Morgan fingerprint density at radius 3 is 2.59 bits per heavy atom. The lowest BCUT2D eigenvalue weighted by atomic mass is 9.75. The van der Waals surface area contributed by atoms with Crippen molar-refractivity contribution >= 4 is 28.9 Å². The van der Waals surface area contributed by atoms with Crippen LogP contribution in [0.15, 0.2) is 48.5 Å². The maximum Gasteiger partial charge on any atom is 0.356 e. The fraction of sp³-hybridized carbons (Fsp3) is 0.424. The first-order valence-electron chi connectivity index (χ1n) is 15.0. The van der Waals surface area contributed by atoms with Gasteiger partial charge in [-0.25, -0.2) is 14.2 Å². The summed E-state index contributed by atoms with van der Waals surface area (Å²) in [4.78, 5) is 39.5. The second-order valence-corrected chi connectivity index (χ2v) is 11.6. The fourth-order valence-corrected chi connectivity index (χ4v) is 5.52. The molecule has 3 aromatic rings. The molecule has 12 nitrogen and oxygen atoms in total. The Bertz CT molecular complexity index is 1570. The van der Waals surface area contributed by atoms with Crippen LogP contribution in [0.4, 0.5) is 21.5 Å². The quantitative estimate of drug-likeness (QED) is 0.117. The number of amides is 1. The zero-order chi connectivity index (χ0) is 33.4. The Hall–Kier alpha value is -4.78. The molecule has 1 heterocycles. The smallest absolute Gasteiger partial charge is 0.356 e. The monoisotopic (exact) mass is 638 g/mol. The van der Waals surface area contributed by atoms with Crippen LogP contribution in [0.5, 0.6) is 17.4 Å². The number of anilines is 2. The van der Waals surface area contributed by atoms with E-state index in [0.717, 1.165) is 18.9 Å². The van der Waals surface area contributed by atoms with Gasteiger partial charge in [0.15, 0.2) is 5.69 Å². The van der Waals surface area contributed by atoms with Crippen LogP contribution in [0.2, 0.25) is 0 Å². The lowest BCUT2D eigenvalue weighted by Crippen LogP contribution is -2.36. The molecule has 1 aromatic heterocycles. The zero-order valence-corrected chi connectivity index (χ0v) is 26.5. The van der Waals surface area contributed by atoms with Gasteiger partial charge < -0.3 is 29.6 Å². The third kappa shape index (κ3) is 8.68. The Labute approximate surface area is 266 Å². The summed E-state index contributed by atoms with van der Waals surface area (Å²) in [6.07, 6.45) is 3.23. The largest absolute Gasteiger partial charge is 0.494 e. The average molecular weight is 639 g/mol. The summed E-state index contributed by atoms with van der Waals surface area (Å²) >= 11 is 0. The summed E-state index contributed by atoms with van der Waals surface area (Å²) in [7, 11) is 2.65. The highest BCUT2D eigenvalue weighted by Crippen LogP contribution is 2.36. The van der Waals surface area contributed by atoms with Crippen LogP contribution in [-0.2, 0) is 20.8 Å². The van der Waals surface area contributed by atoms with Gasteiger partial charge in [0.1, 0.15) is 18.2 Å². The molecule has 0 spiro atoms. The van der Waals surface area contributed by atoms with Gasteiger partial charge in [-0.15, -0.1) is 0 Å². The van der Waals surface area contributed by atoms with E-state index >= 15 is 0 Å². The van der Waals surface area contributed by atoms with E-state index < -0.39 is 22.4 Å². The molecule has 0 saturated heterocycles. The SMILES string of the molecule is COC(=O)c1cccc(Oc2cc(CNc3ccc(NC(=O)COC4CC(C)CCC4C(C)C)c(OC)c3)c(F)cc2[N+](=O)[O-])n1. The number of carbonyl (C=O) groups is 2. The molecular formula is C33H39FN4O8. The number of nitrogens with one attached hydrogen (secondary N) is 2. The molecule has 0 radical (unpaired) electrons. The number of pyridine rings is 1. The number of benzene rings is 2. The highest BCUT2D eigenvalue weighted by atomic mass is 19.1. The van der Waals surface area contributed by atoms with Crippen molar-refractivity contribution in [2.75, 3.05) is 31.5 Å². The third-order valence-corrected chi connectivity index (χ3v) is 8.01. The molecule has 2 N–H and O–H groups in total. The number of aromatic nitrogens is 1. The van der Waals surface area contributed by atoms with Crippen molar-refractivity contribution in [3.63, 3.8) is 0 Å². The number of halogens is 1. The van der Waals surface area contributed by atoms with Gasteiger partial charge in [-0.2, -0.15) is 0 Å². The molecule has 3 atom stereocenters. The first-order chi connectivity index (χ1) is 22.0. The van der Waals surface area contributed by atoms with Crippen LogP contribution in [-0.4, -0.2) is 48.7 Å². The van der Waals surface area contributed by atoms with Crippen molar-refractivity contribution in [3.05, 3.63) is 75.7 Å². The summed E-state index contributed by atoms with van der Waals surface area (Å²) in [6.45, 7) is 6.43. The van der Waals surface area contributed by atoms with Crippen LogP contribution in [0.25, 0.3) is 0 Å². The minimum atomic E-state index is -0.828. The van der Waals surface area contributed by atoms with Crippen molar-refractivity contribution in [1.29, 1.82) is 0 Å². The van der Waals surface area contributed by atoms with Crippen molar-refractivity contribution in [2.24, 2.45) is 17.8 Å². The summed E-state index contributed by atoms with van der Waals surface area (Å²) in [5.41, 5.74) is 0.365. The van der Waals surface area contributed by atoms with E-state index in [1.807, 2.05) is 0 Å². The van der Waals surface area contributed by atoms with E-state index in [-0.39, 0.29) is 48.0 Å². The minimum Gasteiger partial charge on any atom is -0.494 e. The molecule has 1 aliphatic carbocycles. The summed E-state index contributed by atoms with van der Waals surface area (Å²) < 4.78 is 36.7. The molecule has 246 valence electrons. The number of nitrogens with zero attached hydrogens (tertiary/aromatic N) is 2. The lowest BCUT2D eigenvalue weighted by molar-refractivity contribution is -0.385. The van der Waals surface area contributed by atoms with Crippen LogP contribution >= 0.6 is 0 Å². The number of ether oxygens (including phenoxy) is 4. The predicted octanol–water partition coefficient (Wildman–Crippen LogP) is 6.74. The molecular weight excluding hydrogens is 599 g/mol. The Balaban J connectivity index is 1.43. The highest BCUT2D eigenvalue weighted by Gasteiger charge is 2.32. The second-order valence-electron chi connectivity index (χ2n) is 11.6.